The number of aliphatic imine (C=N–C) groups is 1. The highest BCUT2D eigenvalue weighted by atomic mass is 19.1. The van der Waals surface area contributed by atoms with Gasteiger partial charge < -0.3 is 25.4 Å². The Balaban J connectivity index is 1.38. The van der Waals surface area contributed by atoms with Crippen LogP contribution in [0.5, 0.6) is 0 Å². The highest BCUT2D eigenvalue weighted by Gasteiger charge is 2.41. The van der Waals surface area contributed by atoms with Crippen LogP contribution in [0.3, 0.4) is 0 Å². The molecule has 154 valence electrons. The second-order valence-corrected chi connectivity index (χ2v) is 8.06. The molecule has 3 unspecified atom stereocenters. The second-order valence-electron chi connectivity index (χ2n) is 8.06. The summed E-state index contributed by atoms with van der Waals surface area (Å²) >= 11 is 0. The SMILES string of the molecule is CCNC(=NCc1ccc(N2CCC(O)CC2)c(F)c1)NC1CC2CCC1O2. The molecule has 0 radical (unpaired) electrons. The van der Waals surface area contributed by atoms with E-state index >= 15 is 0 Å². The highest BCUT2D eigenvalue weighted by molar-refractivity contribution is 5.80. The molecule has 1 aromatic rings. The molecule has 7 heteroatoms. The number of nitrogens with one attached hydrogen (secondary N) is 2. The van der Waals surface area contributed by atoms with Crippen molar-refractivity contribution in [3.05, 3.63) is 29.6 Å². The summed E-state index contributed by atoms with van der Waals surface area (Å²) in [7, 11) is 0. The number of ether oxygens (including phenoxy) is 1. The molecular formula is C21H31FN4O2. The minimum Gasteiger partial charge on any atom is -0.393 e. The lowest BCUT2D eigenvalue weighted by Crippen LogP contribution is -2.47. The molecule has 3 N–H and O–H groups in total. The Morgan fingerprint density at radius 1 is 1.29 bits per heavy atom. The first-order valence-electron chi connectivity index (χ1n) is 10.5. The average molecular weight is 391 g/mol. The van der Waals surface area contributed by atoms with Gasteiger partial charge in [0.05, 0.1) is 36.6 Å². The number of rotatable bonds is 5. The average Bonchev–Trinajstić information content (AvgIpc) is 3.30. The standard InChI is InChI=1S/C21H31FN4O2/c1-2-23-21(25-18-12-16-4-6-20(18)28-16)24-13-14-3-5-19(17(22)11-14)26-9-7-15(27)8-10-26/h3,5,11,15-16,18,20,27H,2,4,6-10,12-13H2,1H3,(H2,23,24,25). The zero-order valence-corrected chi connectivity index (χ0v) is 16.5. The molecule has 28 heavy (non-hydrogen) atoms. The number of aliphatic hydroxyl groups excluding tert-OH is 1. The fraction of sp³-hybridized carbons (Fsp3) is 0.667. The minimum absolute atomic E-state index is 0.219. The Morgan fingerprint density at radius 3 is 2.75 bits per heavy atom. The van der Waals surface area contributed by atoms with Crippen LogP contribution in [0.15, 0.2) is 23.2 Å². The largest absolute Gasteiger partial charge is 0.393 e. The number of anilines is 1. The summed E-state index contributed by atoms with van der Waals surface area (Å²) in [5, 5.41) is 16.4. The van der Waals surface area contributed by atoms with Crippen molar-refractivity contribution < 1.29 is 14.2 Å². The Morgan fingerprint density at radius 2 is 2.11 bits per heavy atom. The van der Waals surface area contributed by atoms with Gasteiger partial charge in [0.1, 0.15) is 5.82 Å². The van der Waals surface area contributed by atoms with E-state index in [9.17, 15) is 9.50 Å². The first-order chi connectivity index (χ1) is 13.6. The number of hydrogen-bond donors (Lipinski definition) is 3. The summed E-state index contributed by atoms with van der Waals surface area (Å²) < 4.78 is 20.5. The van der Waals surface area contributed by atoms with E-state index in [-0.39, 0.29) is 18.0 Å². The molecule has 3 saturated heterocycles. The van der Waals surface area contributed by atoms with E-state index in [0.717, 1.165) is 37.3 Å². The van der Waals surface area contributed by atoms with Crippen LogP contribution in [-0.2, 0) is 11.3 Å². The van der Waals surface area contributed by atoms with Crippen LogP contribution in [0.2, 0.25) is 0 Å². The van der Waals surface area contributed by atoms with E-state index in [4.69, 9.17) is 4.74 Å². The van der Waals surface area contributed by atoms with Gasteiger partial charge in [-0.25, -0.2) is 9.38 Å². The third kappa shape index (κ3) is 4.41. The van der Waals surface area contributed by atoms with Crippen molar-refractivity contribution in [3.8, 4) is 0 Å². The molecule has 0 spiro atoms. The van der Waals surface area contributed by atoms with Gasteiger partial charge in [0, 0.05) is 19.6 Å². The molecule has 3 atom stereocenters. The maximum absolute atomic E-state index is 14.6. The number of piperidine rings is 1. The fourth-order valence-electron chi connectivity index (χ4n) is 4.47. The number of nitrogens with zero attached hydrogens (tertiary/aromatic N) is 2. The zero-order valence-electron chi connectivity index (χ0n) is 16.5. The summed E-state index contributed by atoms with van der Waals surface area (Å²) in [6.45, 7) is 4.62. The summed E-state index contributed by atoms with van der Waals surface area (Å²) in [6, 6.07) is 5.66. The van der Waals surface area contributed by atoms with Crippen LogP contribution in [-0.4, -0.2) is 55.1 Å². The molecule has 1 aromatic carbocycles. The number of fused-ring (bicyclic) bond motifs is 2. The van der Waals surface area contributed by atoms with Gasteiger partial charge in [0.25, 0.3) is 0 Å². The van der Waals surface area contributed by atoms with Gasteiger partial charge in [0.15, 0.2) is 5.96 Å². The topological polar surface area (TPSA) is 69.1 Å². The number of aliphatic hydroxyl groups is 1. The van der Waals surface area contributed by atoms with E-state index in [1.807, 2.05) is 24.0 Å². The number of hydrogen-bond acceptors (Lipinski definition) is 4. The van der Waals surface area contributed by atoms with Crippen molar-refractivity contribution in [2.45, 2.75) is 69.9 Å². The van der Waals surface area contributed by atoms with Crippen molar-refractivity contribution in [2.75, 3.05) is 24.5 Å². The number of halogens is 1. The molecule has 6 nitrogen and oxygen atoms in total. The molecule has 3 aliphatic heterocycles. The lowest BCUT2D eigenvalue weighted by atomic mass is 9.96. The molecular weight excluding hydrogens is 359 g/mol. The van der Waals surface area contributed by atoms with Gasteiger partial charge in [-0.1, -0.05) is 6.07 Å². The predicted octanol–water partition coefficient (Wildman–Crippen LogP) is 2.16. The molecule has 0 aliphatic carbocycles. The maximum atomic E-state index is 14.6. The molecule has 3 heterocycles. The third-order valence-electron chi connectivity index (χ3n) is 6.01. The van der Waals surface area contributed by atoms with Gasteiger partial charge in [0.2, 0.25) is 0 Å². The van der Waals surface area contributed by atoms with E-state index in [1.54, 1.807) is 6.07 Å². The quantitative estimate of drug-likeness (QED) is 0.531. The summed E-state index contributed by atoms with van der Waals surface area (Å²) in [4.78, 5) is 6.66. The van der Waals surface area contributed by atoms with E-state index in [1.165, 1.54) is 0 Å². The van der Waals surface area contributed by atoms with Crippen LogP contribution in [0.4, 0.5) is 10.1 Å². The summed E-state index contributed by atoms with van der Waals surface area (Å²) in [5.74, 6) is 0.543. The summed E-state index contributed by atoms with van der Waals surface area (Å²) in [5.41, 5.74) is 1.46. The van der Waals surface area contributed by atoms with Crippen molar-refractivity contribution in [3.63, 3.8) is 0 Å². The monoisotopic (exact) mass is 390 g/mol. The first kappa shape index (κ1) is 19.5. The maximum Gasteiger partial charge on any atom is 0.191 e. The molecule has 0 aromatic heterocycles. The van der Waals surface area contributed by atoms with Gasteiger partial charge in [-0.15, -0.1) is 0 Å². The Labute approximate surface area is 166 Å². The summed E-state index contributed by atoms with van der Waals surface area (Å²) in [6.07, 6.45) is 5.11. The zero-order chi connectivity index (χ0) is 19.5. The third-order valence-corrected chi connectivity index (χ3v) is 6.01. The second kappa shape index (κ2) is 8.66. The molecule has 3 fully saturated rings. The molecule has 3 aliphatic rings. The fourth-order valence-corrected chi connectivity index (χ4v) is 4.47. The van der Waals surface area contributed by atoms with Crippen molar-refractivity contribution >= 4 is 11.6 Å². The van der Waals surface area contributed by atoms with Crippen LogP contribution >= 0.6 is 0 Å². The Kier molecular flexibility index (Phi) is 6.01. The molecule has 0 saturated carbocycles. The van der Waals surface area contributed by atoms with E-state index < -0.39 is 0 Å². The van der Waals surface area contributed by atoms with E-state index in [2.05, 4.69) is 15.6 Å². The van der Waals surface area contributed by atoms with Crippen LogP contribution < -0.4 is 15.5 Å². The van der Waals surface area contributed by atoms with Gasteiger partial charge in [-0.2, -0.15) is 0 Å². The smallest absolute Gasteiger partial charge is 0.191 e. The first-order valence-corrected chi connectivity index (χ1v) is 10.5. The molecule has 0 amide bonds. The molecule has 2 bridgehead atoms. The number of guanidine groups is 1. The van der Waals surface area contributed by atoms with Crippen LogP contribution in [0.25, 0.3) is 0 Å². The molecule has 4 rings (SSSR count). The van der Waals surface area contributed by atoms with Crippen LogP contribution in [0, 0.1) is 5.82 Å². The van der Waals surface area contributed by atoms with Crippen LogP contribution in [0.1, 0.15) is 44.6 Å². The van der Waals surface area contributed by atoms with Crippen molar-refractivity contribution in [1.29, 1.82) is 0 Å². The van der Waals surface area contributed by atoms with Gasteiger partial charge >= 0.3 is 0 Å². The minimum atomic E-state index is -0.259. The van der Waals surface area contributed by atoms with Crippen molar-refractivity contribution in [1.82, 2.24) is 10.6 Å². The van der Waals surface area contributed by atoms with E-state index in [0.29, 0.717) is 50.3 Å². The predicted molar refractivity (Wildman–Crippen MR) is 108 cm³/mol. The van der Waals surface area contributed by atoms with Gasteiger partial charge in [-0.3, -0.25) is 0 Å². The van der Waals surface area contributed by atoms with Crippen molar-refractivity contribution in [2.24, 2.45) is 4.99 Å². The lowest BCUT2D eigenvalue weighted by Gasteiger charge is -2.31. The van der Waals surface area contributed by atoms with Gasteiger partial charge in [-0.05, 0) is 56.7 Å². The normalized spacial score (nSPS) is 28.0. The Bertz CT molecular complexity index is 706. The Hall–Kier alpha value is -1.86. The number of benzene rings is 1. The lowest BCUT2D eigenvalue weighted by molar-refractivity contribution is 0.0992. The highest BCUT2D eigenvalue weighted by Crippen LogP contribution is 2.34.